The van der Waals surface area contributed by atoms with E-state index in [1.165, 1.54) is 58.0 Å². The van der Waals surface area contributed by atoms with Gasteiger partial charge in [-0.2, -0.15) is 0 Å². The number of hydrogen-bond donors (Lipinski definition) is 0. The van der Waals surface area contributed by atoms with Crippen molar-refractivity contribution in [2.24, 2.45) is 0 Å². The molecule has 82 valence electrons. The van der Waals surface area contributed by atoms with Crippen molar-refractivity contribution in [1.82, 2.24) is 4.90 Å². The summed E-state index contributed by atoms with van der Waals surface area (Å²) in [4.78, 5) is 2.53. The second-order valence-electron chi connectivity index (χ2n) is 4.68. The van der Waals surface area contributed by atoms with Crippen LogP contribution >= 0.6 is 0 Å². The third-order valence-corrected chi connectivity index (χ3v) is 3.52. The summed E-state index contributed by atoms with van der Waals surface area (Å²) < 4.78 is 6.12. The first-order chi connectivity index (χ1) is 6.90. The molecule has 0 aromatic heterocycles. The van der Waals surface area contributed by atoms with Crippen molar-refractivity contribution in [3.05, 3.63) is 0 Å². The van der Waals surface area contributed by atoms with Gasteiger partial charge in [-0.15, -0.1) is 0 Å². The van der Waals surface area contributed by atoms with Crippen LogP contribution in [-0.2, 0) is 4.74 Å². The first-order valence-electron chi connectivity index (χ1n) is 6.29. The van der Waals surface area contributed by atoms with Crippen LogP contribution in [0.1, 0.15) is 51.9 Å². The van der Waals surface area contributed by atoms with E-state index in [1.54, 1.807) is 0 Å². The summed E-state index contributed by atoms with van der Waals surface area (Å²) in [6.07, 6.45) is 10.2. The number of rotatable bonds is 3. The molecule has 0 aromatic carbocycles. The molecular formula is C12H23NO. The molecule has 2 fully saturated rings. The molecule has 0 unspecified atom stereocenters. The highest BCUT2D eigenvalue weighted by molar-refractivity contribution is 4.77. The van der Waals surface area contributed by atoms with Crippen molar-refractivity contribution < 1.29 is 4.74 Å². The van der Waals surface area contributed by atoms with E-state index in [0.29, 0.717) is 12.3 Å². The number of hydrogen-bond acceptors (Lipinski definition) is 2. The molecule has 0 N–H and O–H groups in total. The maximum atomic E-state index is 6.12. The predicted octanol–water partition coefficient (Wildman–Crippen LogP) is 2.78. The Kier molecular flexibility index (Phi) is 3.82. The number of ether oxygens (including phenoxy) is 1. The van der Waals surface area contributed by atoms with E-state index < -0.39 is 0 Å². The second kappa shape index (κ2) is 5.13. The van der Waals surface area contributed by atoms with Crippen LogP contribution in [0.25, 0.3) is 0 Å². The SMILES string of the molecule is CCCC[C@H]1CCN2CCCC[C@H]2O1. The Balaban J connectivity index is 1.77. The van der Waals surface area contributed by atoms with Crippen molar-refractivity contribution in [3.63, 3.8) is 0 Å². The van der Waals surface area contributed by atoms with Gasteiger partial charge in [-0.25, -0.2) is 0 Å². The molecule has 0 spiro atoms. The second-order valence-corrected chi connectivity index (χ2v) is 4.68. The first kappa shape index (κ1) is 10.4. The van der Waals surface area contributed by atoms with Gasteiger partial charge in [-0.05, 0) is 32.1 Å². The van der Waals surface area contributed by atoms with Gasteiger partial charge >= 0.3 is 0 Å². The summed E-state index contributed by atoms with van der Waals surface area (Å²) in [7, 11) is 0. The highest BCUT2D eigenvalue weighted by atomic mass is 16.5. The van der Waals surface area contributed by atoms with Gasteiger partial charge < -0.3 is 4.74 Å². The van der Waals surface area contributed by atoms with E-state index in [9.17, 15) is 0 Å². The van der Waals surface area contributed by atoms with Gasteiger partial charge in [0.05, 0.1) is 6.10 Å². The van der Waals surface area contributed by atoms with E-state index in [0.717, 1.165) is 0 Å². The summed E-state index contributed by atoms with van der Waals surface area (Å²) in [5.41, 5.74) is 0. The Labute approximate surface area is 87.6 Å². The van der Waals surface area contributed by atoms with Crippen LogP contribution in [0.15, 0.2) is 0 Å². The lowest BCUT2D eigenvalue weighted by molar-refractivity contribution is -0.155. The molecule has 0 amide bonds. The maximum Gasteiger partial charge on any atom is 0.110 e. The van der Waals surface area contributed by atoms with Gasteiger partial charge in [0, 0.05) is 13.1 Å². The third kappa shape index (κ3) is 2.48. The average molecular weight is 197 g/mol. The maximum absolute atomic E-state index is 6.12. The Hall–Kier alpha value is -0.0800. The zero-order chi connectivity index (χ0) is 9.80. The molecule has 14 heavy (non-hydrogen) atoms. The molecule has 0 aliphatic carbocycles. The topological polar surface area (TPSA) is 12.5 Å². The minimum absolute atomic E-state index is 0.472. The average Bonchev–Trinajstić information content (AvgIpc) is 2.26. The smallest absolute Gasteiger partial charge is 0.110 e. The van der Waals surface area contributed by atoms with Crippen LogP contribution in [0.2, 0.25) is 0 Å². The van der Waals surface area contributed by atoms with Crippen LogP contribution in [0.5, 0.6) is 0 Å². The number of nitrogens with zero attached hydrogens (tertiary/aromatic N) is 1. The molecule has 2 rings (SSSR count). The Bertz CT molecular complexity index is 172. The Morgan fingerprint density at radius 1 is 1.21 bits per heavy atom. The fourth-order valence-electron chi connectivity index (χ4n) is 2.61. The fourth-order valence-corrected chi connectivity index (χ4v) is 2.61. The molecule has 2 aliphatic heterocycles. The van der Waals surface area contributed by atoms with Crippen LogP contribution in [0, 0.1) is 0 Å². The van der Waals surface area contributed by atoms with E-state index in [1.807, 2.05) is 0 Å². The summed E-state index contributed by atoms with van der Waals surface area (Å²) in [5.74, 6) is 0. The van der Waals surface area contributed by atoms with E-state index in [-0.39, 0.29) is 0 Å². The fraction of sp³-hybridized carbons (Fsp3) is 1.00. The number of fused-ring (bicyclic) bond motifs is 1. The molecule has 0 bridgehead atoms. The quantitative estimate of drug-likeness (QED) is 0.690. The van der Waals surface area contributed by atoms with Crippen molar-refractivity contribution in [2.75, 3.05) is 13.1 Å². The van der Waals surface area contributed by atoms with Crippen LogP contribution in [0.4, 0.5) is 0 Å². The predicted molar refractivity (Wildman–Crippen MR) is 58.2 cm³/mol. The molecule has 2 aliphatic rings. The zero-order valence-corrected chi connectivity index (χ0v) is 9.37. The normalized spacial score (nSPS) is 34.1. The van der Waals surface area contributed by atoms with Crippen LogP contribution < -0.4 is 0 Å². The standard InChI is InChI=1S/C12H23NO/c1-2-3-6-11-8-10-13-9-5-4-7-12(13)14-11/h11-12H,2-10H2,1H3/t11-,12+/m0/s1. The monoisotopic (exact) mass is 197 g/mol. The van der Waals surface area contributed by atoms with E-state index >= 15 is 0 Å². The Morgan fingerprint density at radius 3 is 3.00 bits per heavy atom. The summed E-state index contributed by atoms with van der Waals surface area (Å²) in [6.45, 7) is 4.81. The van der Waals surface area contributed by atoms with Gasteiger partial charge in [-0.3, -0.25) is 4.90 Å². The molecule has 2 heterocycles. The van der Waals surface area contributed by atoms with Gasteiger partial charge in [0.2, 0.25) is 0 Å². The van der Waals surface area contributed by atoms with Crippen molar-refractivity contribution in [3.8, 4) is 0 Å². The molecular weight excluding hydrogens is 174 g/mol. The van der Waals surface area contributed by atoms with Crippen molar-refractivity contribution >= 4 is 0 Å². The van der Waals surface area contributed by atoms with Gasteiger partial charge in [0.15, 0.2) is 0 Å². The number of unbranched alkanes of at least 4 members (excludes halogenated alkanes) is 1. The van der Waals surface area contributed by atoms with Gasteiger partial charge in [-0.1, -0.05) is 19.8 Å². The molecule has 2 nitrogen and oxygen atoms in total. The first-order valence-corrected chi connectivity index (χ1v) is 6.29. The van der Waals surface area contributed by atoms with Crippen molar-refractivity contribution in [2.45, 2.75) is 64.2 Å². The molecule has 0 radical (unpaired) electrons. The third-order valence-electron chi connectivity index (χ3n) is 3.52. The molecule has 2 atom stereocenters. The van der Waals surface area contributed by atoms with Gasteiger partial charge in [0.25, 0.3) is 0 Å². The highest BCUT2D eigenvalue weighted by Gasteiger charge is 2.30. The molecule has 2 heteroatoms. The summed E-state index contributed by atoms with van der Waals surface area (Å²) in [5, 5.41) is 0. The van der Waals surface area contributed by atoms with E-state index in [2.05, 4.69) is 11.8 Å². The summed E-state index contributed by atoms with van der Waals surface area (Å²) in [6, 6.07) is 0. The van der Waals surface area contributed by atoms with Crippen LogP contribution in [-0.4, -0.2) is 30.3 Å². The molecule has 0 saturated carbocycles. The van der Waals surface area contributed by atoms with Crippen molar-refractivity contribution in [1.29, 1.82) is 0 Å². The lowest BCUT2D eigenvalue weighted by Gasteiger charge is -2.42. The molecule has 0 aromatic rings. The Morgan fingerprint density at radius 2 is 2.14 bits per heavy atom. The largest absolute Gasteiger partial charge is 0.360 e. The van der Waals surface area contributed by atoms with Gasteiger partial charge in [0.1, 0.15) is 6.23 Å². The van der Waals surface area contributed by atoms with E-state index in [4.69, 9.17) is 4.74 Å². The lowest BCUT2D eigenvalue weighted by Crippen LogP contribution is -2.48. The minimum Gasteiger partial charge on any atom is -0.360 e. The minimum atomic E-state index is 0.472. The number of piperidine rings is 1. The zero-order valence-electron chi connectivity index (χ0n) is 9.37. The highest BCUT2D eigenvalue weighted by Crippen LogP contribution is 2.26. The molecule has 2 saturated heterocycles. The lowest BCUT2D eigenvalue weighted by atomic mass is 10.0. The summed E-state index contributed by atoms with van der Waals surface area (Å²) >= 11 is 0. The van der Waals surface area contributed by atoms with Crippen LogP contribution in [0.3, 0.4) is 0 Å².